The van der Waals surface area contributed by atoms with Crippen LogP contribution in [0.2, 0.25) is 0 Å². The van der Waals surface area contributed by atoms with Gasteiger partial charge in [0.1, 0.15) is 0 Å². The van der Waals surface area contributed by atoms with E-state index in [9.17, 15) is 0 Å². The summed E-state index contributed by atoms with van der Waals surface area (Å²) in [5.74, 6) is 0. The van der Waals surface area contributed by atoms with Crippen molar-refractivity contribution in [2.24, 2.45) is 0 Å². The van der Waals surface area contributed by atoms with Gasteiger partial charge in [-0.05, 0) is 49.7 Å². The maximum atomic E-state index is 3.60. The maximum Gasteiger partial charge on any atom is 0.0572 e. The van der Waals surface area contributed by atoms with Crippen LogP contribution in [0.25, 0.3) is 10.9 Å². The van der Waals surface area contributed by atoms with Crippen LogP contribution in [0, 0.1) is 0 Å². The summed E-state index contributed by atoms with van der Waals surface area (Å²) in [6.45, 7) is 8.47. The van der Waals surface area contributed by atoms with E-state index in [1.165, 1.54) is 21.5 Å². The van der Waals surface area contributed by atoms with Crippen molar-refractivity contribution in [1.82, 2.24) is 9.88 Å². The Morgan fingerprint density at radius 3 is 2.62 bits per heavy atom. The van der Waals surface area contributed by atoms with Gasteiger partial charge in [0.05, 0.1) is 6.54 Å². The number of aromatic nitrogens is 1. The van der Waals surface area contributed by atoms with Gasteiger partial charge in [0, 0.05) is 28.2 Å². The molecule has 0 aliphatic carbocycles. The number of nitrogens with zero attached hydrogens (tertiary/aromatic N) is 1. The van der Waals surface area contributed by atoms with Crippen molar-refractivity contribution in [2.45, 2.75) is 39.4 Å². The van der Waals surface area contributed by atoms with E-state index in [-0.39, 0.29) is 5.54 Å². The second kappa shape index (κ2) is 5.66. The largest absolute Gasteiger partial charge is 0.338 e. The molecule has 0 aliphatic heterocycles. The lowest BCUT2D eigenvalue weighted by Gasteiger charge is -2.21. The molecule has 2 heterocycles. The van der Waals surface area contributed by atoms with Crippen molar-refractivity contribution in [3.63, 3.8) is 0 Å². The molecule has 0 unspecified atom stereocenters. The molecule has 0 aliphatic rings. The van der Waals surface area contributed by atoms with Gasteiger partial charge >= 0.3 is 0 Å². The Kier molecular flexibility index (Phi) is 3.87. The van der Waals surface area contributed by atoms with Crippen molar-refractivity contribution in [3.8, 4) is 0 Å². The summed E-state index contributed by atoms with van der Waals surface area (Å²) in [6, 6.07) is 15.3. The smallest absolute Gasteiger partial charge is 0.0572 e. The second-order valence-electron chi connectivity index (χ2n) is 6.46. The minimum atomic E-state index is 0.129. The minimum absolute atomic E-state index is 0.129. The van der Waals surface area contributed by atoms with E-state index < -0.39 is 0 Å². The van der Waals surface area contributed by atoms with E-state index >= 15 is 0 Å². The van der Waals surface area contributed by atoms with Gasteiger partial charge in [0.25, 0.3) is 0 Å². The van der Waals surface area contributed by atoms with Gasteiger partial charge in [-0.2, -0.15) is 0 Å². The normalized spacial score (nSPS) is 12.1. The van der Waals surface area contributed by atoms with Gasteiger partial charge in [-0.25, -0.2) is 0 Å². The lowest BCUT2D eigenvalue weighted by atomic mass is 10.1. The standard InChI is InChI=1S/C18H22N2S/c1-18(2,3)19-12-15-11-14-7-4-5-9-17(14)20(15)13-16-8-6-10-21-16/h4-11,19H,12-13H2,1-3H3. The van der Waals surface area contributed by atoms with Crippen LogP contribution in [0.1, 0.15) is 31.3 Å². The lowest BCUT2D eigenvalue weighted by molar-refractivity contribution is 0.417. The van der Waals surface area contributed by atoms with E-state index in [4.69, 9.17) is 0 Å². The third-order valence-electron chi connectivity index (χ3n) is 3.59. The lowest BCUT2D eigenvalue weighted by Crippen LogP contribution is -2.35. The fourth-order valence-electron chi connectivity index (χ4n) is 2.51. The monoisotopic (exact) mass is 298 g/mol. The highest BCUT2D eigenvalue weighted by molar-refractivity contribution is 7.09. The molecule has 0 saturated carbocycles. The van der Waals surface area contributed by atoms with Gasteiger partial charge in [-0.3, -0.25) is 0 Å². The average molecular weight is 298 g/mol. The van der Waals surface area contributed by atoms with Crippen LogP contribution in [-0.4, -0.2) is 10.1 Å². The average Bonchev–Trinajstić information content (AvgIpc) is 3.05. The first-order valence-electron chi connectivity index (χ1n) is 7.37. The summed E-state index contributed by atoms with van der Waals surface area (Å²) in [6.07, 6.45) is 0. The van der Waals surface area contributed by atoms with Gasteiger partial charge in [0.15, 0.2) is 0 Å². The number of para-hydroxylation sites is 1. The predicted octanol–water partition coefficient (Wildman–Crippen LogP) is 4.64. The summed E-state index contributed by atoms with van der Waals surface area (Å²) >= 11 is 1.82. The molecule has 0 fully saturated rings. The SMILES string of the molecule is CC(C)(C)NCc1cc2ccccc2n1Cc1cccs1. The molecule has 0 atom stereocenters. The summed E-state index contributed by atoms with van der Waals surface area (Å²) in [5, 5.41) is 7.07. The maximum absolute atomic E-state index is 3.60. The topological polar surface area (TPSA) is 17.0 Å². The Bertz CT molecular complexity index is 717. The first-order valence-corrected chi connectivity index (χ1v) is 8.25. The van der Waals surface area contributed by atoms with Gasteiger partial charge in [0.2, 0.25) is 0 Å². The molecule has 0 saturated heterocycles. The molecule has 3 rings (SSSR count). The third-order valence-corrected chi connectivity index (χ3v) is 4.45. The zero-order valence-electron chi connectivity index (χ0n) is 12.9. The first kappa shape index (κ1) is 14.4. The number of thiophene rings is 1. The summed E-state index contributed by atoms with van der Waals surface area (Å²) in [4.78, 5) is 1.40. The molecule has 1 aromatic carbocycles. The van der Waals surface area contributed by atoms with Crippen molar-refractivity contribution < 1.29 is 0 Å². The Labute approximate surface area is 130 Å². The molecule has 110 valence electrons. The van der Waals surface area contributed by atoms with Crippen molar-refractivity contribution in [1.29, 1.82) is 0 Å². The Morgan fingerprint density at radius 2 is 1.90 bits per heavy atom. The molecule has 0 radical (unpaired) electrons. The zero-order valence-corrected chi connectivity index (χ0v) is 13.7. The third kappa shape index (κ3) is 3.36. The van der Waals surface area contributed by atoms with E-state index in [0.29, 0.717) is 0 Å². The molecule has 0 amide bonds. The summed E-state index contributed by atoms with van der Waals surface area (Å²) < 4.78 is 2.43. The molecule has 1 N–H and O–H groups in total. The quantitative estimate of drug-likeness (QED) is 0.742. The molecular weight excluding hydrogens is 276 g/mol. The van der Waals surface area contributed by atoms with Gasteiger partial charge < -0.3 is 9.88 Å². The minimum Gasteiger partial charge on any atom is -0.338 e. The molecule has 21 heavy (non-hydrogen) atoms. The number of hydrogen-bond donors (Lipinski definition) is 1. The van der Waals surface area contributed by atoms with E-state index in [2.05, 4.69) is 78.5 Å². The number of hydrogen-bond acceptors (Lipinski definition) is 2. The Balaban J connectivity index is 1.97. The van der Waals surface area contributed by atoms with Crippen LogP contribution in [0.15, 0.2) is 47.8 Å². The van der Waals surface area contributed by atoms with Crippen LogP contribution in [-0.2, 0) is 13.1 Å². The van der Waals surface area contributed by atoms with E-state index in [1.807, 2.05) is 11.3 Å². The summed E-state index contributed by atoms with van der Waals surface area (Å²) in [5.41, 5.74) is 2.79. The molecule has 3 heteroatoms. The number of benzene rings is 1. The Morgan fingerprint density at radius 1 is 1.10 bits per heavy atom. The van der Waals surface area contributed by atoms with E-state index in [0.717, 1.165) is 13.1 Å². The number of fused-ring (bicyclic) bond motifs is 1. The van der Waals surface area contributed by atoms with Crippen LogP contribution in [0.3, 0.4) is 0 Å². The van der Waals surface area contributed by atoms with Crippen LogP contribution >= 0.6 is 11.3 Å². The van der Waals surface area contributed by atoms with Crippen molar-refractivity contribution in [2.75, 3.05) is 0 Å². The molecule has 2 aromatic heterocycles. The molecule has 2 nitrogen and oxygen atoms in total. The highest BCUT2D eigenvalue weighted by Gasteiger charge is 2.13. The van der Waals surface area contributed by atoms with Crippen LogP contribution in [0.4, 0.5) is 0 Å². The highest BCUT2D eigenvalue weighted by atomic mass is 32.1. The van der Waals surface area contributed by atoms with Gasteiger partial charge in [-0.1, -0.05) is 24.3 Å². The molecule has 0 spiro atoms. The molecule has 0 bridgehead atoms. The Hall–Kier alpha value is -1.58. The van der Waals surface area contributed by atoms with Crippen LogP contribution in [0.5, 0.6) is 0 Å². The number of nitrogens with one attached hydrogen (secondary N) is 1. The van der Waals surface area contributed by atoms with E-state index in [1.54, 1.807) is 0 Å². The first-order chi connectivity index (χ1) is 10.0. The number of rotatable bonds is 4. The molecule has 3 aromatic rings. The fourth-order valence-corrected chi connectivity index (χ4v) is 3.21. The zero-order chi connectivity index (χ0) is 14.9. The summed E-state index contributed by atoms with van der Waals surface area (Å²) in [7, 11) is 0. The molecular formula is C18H22N2S. The second-order valence-corrected chi connectivity index (χ2v) is 7.50. The van der Waals surface area contributed by atoms with Gasteiger partial charge in [-0.15, -0.1) is 11.3 Å². The highest BCUT2D eigenvalue weighted by Crippen LogP contribution is 2.23. The van der Waals surface area contributed by atoms with Crippen LogP contribution < -0.4 is 5.32 Å². The van der Waals surface area contributed by atoms with Crippen molar-refractivity contribution >= 4 is 22.2 Å². The van der Waals surface area contributed by atoms with Crippen molar-refractivity contribution in [3.05, 3.63) is 58.4 Å². The predicted molar refractivity (Wildman–Crippen MR) is 92.0 cm³/mol. The fraction of sp³-hybridized carbons (Fsp3) is 0.333.